The lowest BCUT2D eigenvalue weighted by molar-refractivity contribution is -0.00790. The largest absolute Gasteiger partial charge is 0.374 e. The summed E-state index contributed by atoms with van der Waals surface area (Å²) >= 11 is 6.13. The minimum absolute atomic E-state index is 0.0669. The van der Waals surface area contributed by atoms with E-state index >= 15 is 0 Å². The Bertz CT molecular complexity index is 317. The van der Waals surface area contributed by atoms with Crippen molar-refractivity contribution in [3.05, 3.63) is 18.0 Å². The Hall–Kier alpha value is -0.540. The molecule has 0 aliphatic rings. The molecule has 1 aromatic heterocycles. The zero-order chi connectivity index (χ0) is 12.2. The summed E-state index contributed by atoms with van der Waals surface area (Å²) in [6.45, 7) is 9.65. The molecule has 0 bridgehead atoms. The van der Waals surface area contributed by atoms with Gasteiger partial charge in [-0.05, 0) is 27.2 Å². The van der Waals surface area contributed by atoms with Crippen molar-refractivity contribution in [1.82, 2.24) is 9.78 Å². The summed E-state index contributed by atoms with van der Waals surface area (Å²) in [6.07, 6.45) is 4.75. The van der Waals surface area contributed by atoms with E-state index in [9.17, 15) is 0 Å². The number of rotatable bonds is 5. The van der Waals surface area contributed by atoms with Gasteiger partial charge in [-0.2, -0.15) is 5.10 Å². The lowest BCUT2D eigenvalue weighted by Crippen LogP contribution is -2.22. The van der Waals surface area contributed by atoms with E-state index in [1.165, 1.54) is 0 Å². The Morgan fingerprint density at radius 3 is 2.75 bits per heavy atom. The molecule has 1 rings (SSSR count). The van der Waals surface area contributed by atoms with Crippen LogP contribution in [0.25, 0.3) is 0 Å². The molecule has 0 radical (unpaired) electrons. The number of aromatic nitrogens is 2. The van der Waals surface area contributed by atoms with Crippen LogP contribution in [0.3, 0.4) is 0 Å². The molecule has 16 heavy (non-hydrogen) atoms. The van der Waals surface area contributed by atoms with E-state index in [2.05, 4.69) is 12.0 Å². The van der Waals surface area contributed by atoms with Gasteiger partial charge < -0.3 is 4.74 Å². The minimum Gasteiger partial charge on any atom is -0.374 e. The van der Waals surface area contributed by atoms with Crippen LogP contribution in [-0.2, 0) is 11.3 Å². The summed E-state index contributed by atoms with van der Waals surface area (Å²) in [4.78, 5) is 0. The minimum atomic E-state index is -0.0889. The third kappa shape index (κ3) is 4.54. The van der Waals surface area contributed by atoms with Crippen LogP contribution in [0.2, 0.25) is 0 Å². The highest BCUT2D eigenvalue weighted by Crippen LogP contribution is 2.22. The van der Waals surface area contributed by atoms with Gasteiger partial charge in [-0.15, -0.1) is 11.6 Å². The smallest absolute Gasteiger partial charge is 0.0669 e. The van der Waals surface area contributed by atoms with Gasteiger partial charge in [-0.3, -0.25) is 4.68 Å². The zero-order valence-corrected chi connectivity index (χ0v) is 11.3. The quantitative estimate of drug-likeness (QED) is 0.743. The van der Waals surface area contributed by atoms with Gasteiger partial charge in [0.05, 0.1) is 30.3 Å². The van der Waals surface area contributed by atoms with Crippen LogP contribution < -0.4 is 0 Å². The number of nitrogens with zero attached hydrogens (tertiary/aromatic N) is 2. The van der Waals surface area contributed by atoms with Gasteiger partial charge in [-0.25, -0.2) is 0 Å². The van der Waals surface area contributed by atoms with Gasteiger partial charge >= 0.3 is 0 Å². The molecule has 1 atom stereocenters. The molecule has 0 amide bonds. The lowest BCUT2D eigenvalue weighted by atomic mass is 10.2. The van der Waals surface area contributed by atoms with Crippen LogP contribution in [0, 0.1) is 0 Å². The highest BCUT2D eigenvalue weighted by molar-refractivity contribution is 6.20. The van der Waals surface area contributed by atoms with E-state index in [1.807, 2.05) is 37.8 Å². The molecule has 1 aromatic rings. The summed E-state index contributed by atoms with van der Waals surface area (Å²) in [5, 5.41) is 4.32. The van der Waals surface area contributed by atoms with Gasteiger partial charge in [0, 0.05) is 11.8 Å². The van der Waals surface area contributed by atoms with Gasteiger partial charge in [0.1, 0.15) is 0 Å². The van der Waals surface area contributed by atoms with E-state index < -0.39 is 0 Å². The third-order valence-electron chi connectivity index (χ3n) is 2.23. The predicted molar refractivity (Wildman–Crippen MR) is 66.8 cm³/mol. The van der Waals surface area contributed by atoms with Crippen molar-refractivity contribution in [2.75, 3.05) is 6.61 Å². The number of alkyl halides is 1. The first-order valence-corrected chi connectivity index (χ1v) is 6.16. The third-order valence-corrected chi connectivity index (χ3v) is 2.79. The summed E-state index contributed by atoms with van der Waals surface area (Å²) < 4.78 is 7.52. The van der Waals surface area contributed by atoms with Crippen LogP contribution in [0.5, 0.6) is 0 Å². The highest BCUT2D eigenvalue weighted by Gasteiger charge is 2.11. The van der Waals surface area contributed by atoms with Crippen LogP contribution in [0.15, 0.2) is 12.4 Å². The average molecular weight is 245 g/mol. The number of ether oxygens (including phenoxy) is 1. The fraction of sp³-hybridized carbons (Fsp3) is 0.750. The van der Waals surface area contributed by atoms with Crippen LogP contribution in [0.4, 0.5) is 0 Å². The van der Waals surface area contributed by atoms with Crippen molar-refractivity contribution in [2.24, 2.45) is 0 Å². The van der Waals surface area contributed by atoms with Crippen LogP contribution in [0.1, 0.15) is 45.1 Å². The monoisotopic (exact) mass is 244 g/mol. The molecule has 0 aliphatic heterocycles. The molecule has 0 N–H and O–H groups in total. The van der Waals surface area contributed by atoms with Gasteiger partial charge in [0.15, 0.2) is 0 Å². The second-order valence-electron chi connectivity index (χ2n) is 4.87. The fourth-order valence-electron chi connectivity index (χ4n) is 1.34. The average Bonchev–Trinajstić information content (AvgIpc) is 2.63. The SMILES string of the molecule is CCC(Cl)c1cnn(CCOC(C)(C)C)c1. The van der Waals surface area contributed by atoms with Crippen molar-refractivity contribution >= 4 is 11.6 Å². The number of hydrogen-bond acceptors (Lipinski definition) is 2. The molecular weight excluding hydrogens is 224 g/mol. The molecule has 4 heteroatoms. The summed E-state index contributed by atoms with van der Waals surface area (Å²) in [5.74, 6) is 0. The second-order valence-corrected chi connectivity index (χ2v) is 5.40. The van der Waals surface area contributed by atoms with Crippen molar-refractivity contribution in [3.63, 3.8) is 0 Å². The second kappa shape index (κ2) is 5.69. The maximum atomic E-state index is 6.13. The molecule has 0 fully saturated rings. The predicted octanol–water partition coefficient (Wildman–Crippen LogP) is 3.39. The molecule has 0 aromatic carbocycles. The summed E-state index contributed by atoms with van der Waals surface area (Å²) in [5.41, 5.74) is 0.994. The Balaban J connectivity index is 2.41. The molecule has 0 aliphatic carbocycles. The standard InChI is InChI=1S/C12H21ClN2O/c1-5-11(13)10-8-14-15(9-10)6-7-16-12(2,3)4/h8-9,11H,5-7H2,1-4H3. The first-order chi connectivity index (χ1) is 7.42. The number of hydrogen-bond donors (Lipinski definition) is 0. The van der Waals surface area contributed by atoms with E-state index in [0.717, 1.165) is 18.5 Å². The van der Waals surface area contributed by atoms with Gasteiger partial charge in [0.2, 0.25) is 0 Å². The molecule has 1 heterocycles. The van der Waals surface area contributed by atoms with Crippen molar-refractivity contribution < 1.29 is 4.74 Å². The Kier molecular flexibility index (Phi) is 4.81. The molecule has 1 unspecified atom stereocenters. The molecule has 3 nitrogen and oxygen atoms in total. The normalized spacial score (nSPS) is 14.1. The Labute approximate surface area is 103 Å². The van der Waals surface area contributed by atoms with Crippen LogP contribution in [-0.4, -0.2) is 22.0 Å². The van der Waals surface area contributed by atoms with E-state index in [1.54, 1.807) is 0 Å². The van der Waals surface area contributed by atoms with Crippen molar-refractivity contribution in [1.29, 1.82) is 0 Å². The van der Waals surface area contributed by atoms with E-state index in [0.29, 0.717) is 6.61 Å². The van der Waals surface area contributed by atoms with E-state index in [-0.39, 0.29) is 11.0 Å². The fourth-order valence-corrected chi connectivity index (χ4v) is 1.46. The summed E-state index contributed by atoms with van der Waals surface area (Å²) in [6, 6.07) is 0. The van der Waals surface area contributed by atoms with Crippen LogP contribution >= 0.6 is 11.6 Å². The first-order valence-electron chi connectivity index (χ1n) is 5.73. The van der Waals surface area contributed by atoms with Gasteiger partial charge in [-0.1, -0.05) is 6.92 Å². The van der Waals surface area contributed by atoms with Gasteiger partial charge in [0.25, 0.3) is 0 Å². The number of halogens is 1. The summed E-state index contributed by atoms with van der Waals surface area (Å²) in [7, 11) is 0. The molecule has 0 saturated heterocycles. The molecular formula is C12H21ClN2O. The first kappa shape index (κ1) is 13.5. The molecule has 0 spiro atoms. The highest BCUT2D eigenvalue weighted by atomic mass is 35.5. The van der Waals surface area contributed by atoms with Crippen molar-refractivity contribution in [3.8, 4) is 0 Å². The maximum absolute atomic E-state index is 6.13. The maximum Gasteiger partial charge on any atom is 0.0669 e. The molecule has 92 valence electrons. The zero-order valence-electron chi connectivity index (χ0n) is 10.5. The Morgan fingerprint density at radius 1 is 1.50 bits per heavy atom. The molecule has 0 saturated carbocycles. The van der Waals surface area contributed by atoms with E-state index in [4.69, 9.17) is 16.3 Å². The Morgan fingerprint density at radius 2 is 2.19 bits per heavy atom. The van der Waals surface area contributed by atoms with Crippen molar-refractivity contribution in [2.45, 2.75) is 51.6 Å². The topological polar surface area (TPSA) is 27.1 Å². The lowest BCUT2D eigenvalue weighted by Gasteiger charge is -2.19.